The molecule has 1 unspecified atom stereocenters. The summed E-state index contributed by atoms with van der Waals surface area (Å²) in [6.07, 6.45) is 0. The Labute approximate surface area is 156 Å². The second-order valence-electron chi connectivity index (χ2n) is 6.05. The van der Waals surface area contributed by atoms with Gasteiger partial charge in [0.1, 0.15) is 16.4 Å². The smallest absolute Gasteiger partial charge is 0.266 e. The zero-order chi connectivity index (χ0) is 20.0. The molecule has 0 radical (unpaired) electrons. The van der Waals surface area contributed by atoms with Crippen molar-refractivity contribution in [3.05, 3.63) is 30.0 Å². The van der Waals surface area contributed by atoms with Gasteiger partial charge in [-0.2, -0.15) is 0 Å². The van der Waals surface area contributed by atoms with Crippen molar-refractivity contribution in [2.24, 2.45) is 5.92 Å². The molecule has 0 aliphatic carbocycles. The van der Waals surface area contributed by atoms with Crippen LogP contribution in [-0.2, 0) is 24.8 Å². The first-order chi connectivity index (χ1) is 12.5. The normalized spacial score (nSPS) is 19.3. The monoisotopic (exact) mass is 415 g/mol. The average molecular weight is 415 g/mol. The quantitative estimate of drug-likeness (QED) is 0.767. The average Bonchev–Trinajstić information content (AvgIpc) is 3.06. The molecule has 1 saturated heterocycles. The van der Waals surface area contributed by atoms with Crippen LogP contribution in [-0.4, -0.2) is 40.8 Å². The molecule has 2 aromatic rings. The number of hydrogen-bond donors (Lipinski definition) is 1. The summed E-state index contributed by atoms with van der Waals surface area (Å²) in [4.78, 5) is 11.9. The lowest BCUT2D eigenvalue weighted by Gasteiger charge is -2.18. The van der Waals surface area contributed by atoms with E-state index in [9.17, 15) is 21.6 Å². The van der Waals surface area contributed by atoms with Gasteiger partial charge in [0.2, 0.25) is 15.9 Å². The van der Waals surface area contributed by atoms with E-state index >= 15 is 0 Å². The molecule has 1 aromatic carbocycles. The molecule has 0 bridgehead atoms. The number of amides is 1. The number of hydrogen-bond acceptors (Lipinski definition) is 8. The van der Waals surface area contributed by atoms with Gasteiger partial charge in [0.05, 0.1) is 24.5 Å². The second kappa shape index (κ2) is 6.53. The van der Waals surface area contributed by atoms with E-state index in [1.807, 2.05) is 0 Å². The topological polar surface area (TPSA) is 136 Å². The van der Waals surface area contributed by atoms with Crippen LogP contribution in [0.15, 0.2) is 33.7 Å². The van der Waals surface area contributed by atoms with Crippen molar-refractivity contribution >= 4 is 37.5 Å². The molecule has 3 rings (SSSR count). The van der Waals surface area contributed by atoms with Crippen LogP contribution < -0.4 is 13.8 Å². The molecule has 0 spiro atoms. The highest BCUT2D eigenvalue weighted by Gasteiger charge is 2.42. The largest absolute Gasteiger partial charge is 0.495 e. The highest BCUT2D eigenvalue weighted by Crippen LogP contribution is 2.34. The first-order valence-electron chi connectivity index (χ1n) is 7.76. The highest BCUT2D eigenvalue weighted by molar-refractivity contribution is 7.94. The standard InChI is InChI=1S/C15H17N3O7S2/c1-9-8-26(20,21)18(15(9)19)11-4-5-12(24-3)13(7-11)27(22,23)17-14-6-10(2)25-16-14/h4-7,9H,8H2,1-3H3,(H,16,17). The maximum absolute atomic E-state index is 12.7. The molecular weight excluding hydrogens is 398 g/mol. The van der Waals surface area contributed by atoms with Gasteiger partial charge in [0.15, 0.2) is 5.82 Å². The van der Waals surface area contributed by atoms with Crippen molar-refractivity contribution < 1.29 is 30.9 Å². The molecule has 0 saturated carbocycles. The minimum absolute atomic E-state index is 0.0245. The van der Waals surface area contributed by atoms with Crippen LogP contribution in [0.5, 0.6) is 5.75 Å². The fraction of sp³-hybridized carbons (Fsp3) is 0.333. The fourth-order valence-corrected chi connectivity index (χ4v) is 5.68. The van der Waals surface area contributed by atoms with Crippen LogP contribution in [0.1, 0.15) is 12.7 Å². The van der Waals surface area contributed by atoms with E-state index in [0.717, 1.165) is 6.07 Å². The summed E-state index contributed by atoms with van der Waals surface area (Å²) in [5, 5.41) is 3.56. The van der Waals surface area contributed by atoms with E-state index in [1.54, 1.807) is 6.92 Å². The van der Waals surface area contributed by atoms with E-state index in [0.29, 0.717) is 10.1 Å². The molecule has 1 aliphatic rings. The van der Waals surface area contributed by atoms with Crippen LogP contribution in [0, 0.1) is 12.8 Å². The Morgan fingerprint density at radius 2 is 2.04 bits per heavy atom. The summed E-state index contributed by atoms with van der Waals surface area (Å²) < 4.78 is 62.8. The number of methoxy groups -OCH3 is 1. The fourth-order valence-electron chi connectivity index (χ4n) is 2.70. The molecule has 27 heavy (non-hydrogen) atoms. The molecule has 1 atom stereocenters. The lowest BCUT2D eigenvalue weighted by Crippen LogP contribution is -2.30. The zero-order valence-corrected chi connectivity index (χ0v) is 16.3. The number of rotatable bonds is 5. The number of carbonyl (C=O) groups is 1. The Morgan fingerprint density at radius 3 is 2.56 bits per heavy atom. The number of nitrogens with one attached hydrogen (secondary N) is 1. The van der Waals surface area contributed by atoms with Crippen LogP contribution in [0.2, 0.25) is 0 Å². The number of aromatic nitrogens is 1. The van der Waals surface area contributed by atoms with E-state index in [4.69, 9.17) is 9.26 Å². The molecule has 1 N–H and O–H groups in total. The summed E-state index contributed by atoms with van der Waals surface area (Å²) in [5.74, 6) is -1.34. The Kier molecular flexibility index (Phi) is 4.64. The first-order valence-corrected chi connectivity index (χ1v) is 10.9. The molecular formula is C15H17N3O7S2. The number of sulfonamides is 2. The maximum atomic E-state index is 12.7. The van der Waals surface area contributed by atoms with Gasteiger partial charge in [-0.05, 0) is 25.1 Å². The number of benzene rings is 1. The lowest BCUT2D eigenvalue weighted by molar-refractivity contribution is -0.119. The Bertz CT molecular complexity index is 1110. The Balaban J connectivity index is 2.08. The van der Waals surface area contributed by atoms with Crippen LogP contribution >= 0.6 is 0 Å². The van der Waals surface area contributed by atoms with E-state index in [-0.39, 0.29) is 27.9 Å². The maximum Gasteiger partial charge on any atom is 0.266 e. The van der Waals surface area contributed by atoms with Gasteiger partial charge in [0.25, 0.3) is 10.0 Å². The predicted octanol–water partition coefficient (Wildman–Crippen LogP) is 1.10. The molecule has 1 aromatic heterocycles. The van der Waals surface area contributed by atoms with Gasteiger partial charge >= 0.3 is 0 Å². The van der Waals surface area contributed by atoms with E-state index < -0.39 is 31.9 Å². The molecule has 2 heterocycles. The Hall–Kier alpha value is -2.60. The van der Waals surface area contributed by atoms with Crippen molar-refractivity contribution in [1.29, 1.82) is 0 Å². The number of nitrogens with zero attached hydrogens (tertiary/aromatic N) is 2. The van der Waals surface area contributed by atoms with E-state index in [1.165, 1.54) is 32.2 Å². The molecule has 1 amide bonds. The molecule has 10 nitrogen and oxygen atoms in total. The summed E-state index contributed by atoms with van der Waals surface area (Å²) in [5.41, 5.74) is -0.0816. The van der Waals surface area contributed by atoms with Gasteiger partial charge in [-0.15, -0.1) is 0 Å². The SMILES string of the molecule is COc1ccc(N2C(=O)C(C)CS2(=O)=O)cc1S(=O)(=O)Nc1cc(C)on1. The van der Waals surface area contributed by atoms with Crippen molar-refractivity contribution in [1.82, 2.24) is 5.16 Å². The zero-order valence-electron chi connectivity index (χ0n) is 14.7. The van der Waals surface area contributed by atoms with Gasteiger partial charge in [-0.1, -0.05) is 12.1 Å². The van der Waals surface area contributed by atoms with E-state index in [2.05, 4.69) is 9.88 Å². The second-order valence-corrected chi connectivity index (χ2v) is 9.56. The third kappa shape index (κ3) is 3.49. The number of aryl methyl sites for hydroxylation is 1. The van der Waals surface area contributed by atoms with Crippen LogP contribution in [0.25, 0.3) is 0 Å². The van der Waals surface area contributed by atoms with Gasteiger partial charge in [0, 0.05) is 6.07 Å². The highest BCUT2D eigenvalue weighted by atomic mass is 32.2. The van der Waals surface area contributed by atoms with Gasteiger partial charge < -0.3 is 9.26 Å². The minimum Gasteiger partial charge on any atom is -0.495 e. The summed E-state index contributed by atoms with van der Waals surface area (Å²) in [6, 6.07) is 5.04. The van der Waals surface area contributed by atoms with Crippen molar-refractivity contribution in [3.63, 3.8) is 0 Å². The number of ether oxygens (including phenoxy) is 1. The third-order valence-electron chi connectivity index (χ3n) is 3.90. The predicted molar refractivity (Wildman–Crippen MR) is 95.5 cm³/mol. The summed E-state index contributed by atoms with van der Waals surface area (Å²) in [6.45, 7) is 3.09. The summed E-state index contributed by atoms with van der Waals surface area (Å²) >= 11 is 0. The third-order valence-corrected chi connectivity index (χ3v) is 7.14. The van der Waals surface area contributed by atoms with Gasteiger partial charge in [-0.3, -0.25) is 9.52 Å². The summed E-state index contributed by atoms with van der Waals surface area (Å²) in [7, 11) is -6.80. The molecule has 12 heteroatoms. The molecule has 1 fully saturated rings. The van der Waals surface area contributed by atoms with Crippen molar-refractivity contribution in [2.75, 3.05) is 21.9 Å². The Morgan fingerprint density at radius 1 is 1.33 bits per heavy atom. The number of anilines is 2. The van der Waals surface area contributed by atoms with Crippen molar-refractivity contribution in [2.45, 2.75) is 18.7 Å². The lowest BCUT2D eigenvalue weighted by atomic mass is 10.2. The van der Waals surface area contributed by atoms with Gasteiger partial charge in [-0.25, -0.2) is 21.1 Å². The van der Waals surface area contributed by atoms with Crippen LogP contribution in [0.3, 0.4) is 0 Å². The molecule has 146 valence electrons. The van der Waals surface area contributed by atoms with Crippen LogP contribution in [0.4, 0.5) is 11.5 Å². The van der Waals surface area contributed by atoms with Crippen molar-refractivity contribution in [3.8, 4) is 5.75 Å². The molecule has 1 aliphatic heterocycles. The minimum atomic E-state index is -4.19. The number of carbonyl (C=O) groups excluding carboxylic acids is 1. The first kappa shape index (κ1) is 19.2.